The van der Waals surface area contributed by atoms with Gasteiger partial charge in [0.05, 0.1) is 6.20 Å². The molecule has 0 amide bonds. The molecule has 0 fully saturated rings. The zero-order valence-corrected chi connectivity index (χ0v) is 9.31. The van der Waals surface area contributed by atoms with Crippen molar-refractivity contribution in [3.63, 3.8) is 0 Å². The molecule has 2 rings (SSSR count). The van der Waals surface area contributed by atoms with Gasteiger partial charge >= 0.3 is 0 Å². The van der Waals surface area contributed by atoms with Crippen molar-refractivity contribution in [2.75, 3.05) is 0 Å². The molecule has 0 aliphatic carbocycles. The Labute approximate surface area is 89.1 Å². The average Bonchev–Trinajstić information content (AvgIpc) is 2.59. The Morgan fingerprint density at radius 1 is 1.27 bits per heavy atom. The summed E-state index contributed by atoms with van der Waals surface area (Å²) in [6.45, 7) is 6.21. The van der Waals surface area contributed by atoms with Gasteiger partial charge < -0.3 is 5.73 Å². The van der Waals surface area contributed by atoms with E-state index in [4.69, 9.17) is 5.73 Å². The highest BCUT2D eigenvalue weighted by Crippen LogP contribution is 2.18. The number of hydrogen-bond donors (Lipinski definition) is 1. The molecule has 1 unspecified atom stereocenters. The smallest absolute Gasteiger partial charge is 0.159 e. The van der Waals surface area contributed by atoms with Gasteiger partial charge in [-0.2, -0.15) is 5.10 Å². The van der Waals surface area contributed by atoms with Crippen LogP contribution >= 0.6 is 0 Å². The van der Waals surface area contributed by atoms with Crippen molar-refractivity contribution in [1.29, 1.82) is 0 Å². The van der Waals surface area contributed by atoms with Crippen molar-refractivity contribution in [3.8, 4) is 0 Å². The molecule has 1 atom stereocenters. The summed E-state index contributed by atoms with van der Waals surface area (Å²) in [5, 5.41) is 4.26. The Hall–Kier alpha value is -1.42. The van der Waals surface area contributed by atoms with Gasteiger partial charge in [-0.15, -0.1) is 0 Å². The Bertz CT molecular complexity index is 470. The summed E-state index contributed by atoms with van der Waals surface area (Å²) in [5.74, 6) is 0.463. The van der Waals surface area contributed by atoms with E-state index in [0.29, 0.717) is 5.92 Å². The molecular weight excluding hydrogens is 188 g/mol. The lowest BCUT2D eigenvalue weighted by molar-refractivity contribution is 0.813. The summed E-state index contributed by atoms with van der Waals surface area (Å²) < 4.78 is 1.80. The maximum Gasteiger partial charge on any atom is 0.159 e. The summed E-state index contributed by atoms with van der Waals surface area (Å²) in [6.07, 6.45) is 5.70. The predicted molar refractivity (Wildman–Crippen MR) is 59.7 cm³/mol. The Morgan fingerprint density at radius 2 is 2.00 bits per heavy atom. The molecule has 2 aromatic heterocycles. The van der Waals surface area contributed by atoms with Crippen molar-refractivity contribution in [2.24, 2.45) is 5.73 Å². The van der Waals surface area contributed by atoms with Gasteiger partial charge in [0.1, 0.15) is 0 Å². The van der Waals surface area contributed by atoms with E-state index in [1.807, 2.05) is 19.3 Å². The third kappa shape index (κ3) is 1.72. The second-order valence-electron chi connectivity index (χ2n) is 4.20. The minimum absolute atomic E-state index is 0.0279. The molecule has 0 spiro atoms. The summed E-state index contributed by atoms with van der Waals surface area (Å²) in [7, 11) is 0. The predicted octanol–water partition coefficient (Wildman–Crippen LogP) is 1.87. The summed E-state index contributed by atoms with van der Waals surface area (Å²) in [5.41, 5.74) is 8.86. The number of rotatable bonds is 2. The number of hydrogen-bond acceptors (Lipinski definition) is 3. The first-order chi connectivity index (χ1) is 7.09. The van der Waals surface area contributed by atoms with Crippen LogP contribution in [0.2, 0.25) is 0 Å². The number of aromatic nitrogens is 3. The second-order valence-corrected chi connectivity index (χ2v) is 4.20. The van der Waals surface area contributed by atoms with Crippen LogP contribution in [-0.4, -0.2) is 14.6 Å². The minimum atomic E-state index is -0.0279. The van der Waals surface area contributed by atoms with Gasteiger partial charge in [-0.3, -0.25) is 0 Å². The van der Waals surface area contributed by atoms with Gasteiger partial charge in [-0.25, -0.2) is 9.50 Å². The first-order valence-electron chi connectivity index (χ1n) is 5.18. The SMILES string of the molecule is CC(C)c1cnc2c(C(C)N)cnn2c1. The number of nitrogens with zero attached hydrogens (tertiary/aromatic N) is 3. The van der Waals surface area contributed by atoms with Crippen LogP contribution in [0.5, 0.6) is 0 Å². The Kier molecular flexibility index (Phi) is 2.44. The lowest BCUT2D eigenvalue weighted by Crippen LogP contribution is -2.05. The molecular formula is C11H16N4. The van der Waals surface area contributed by atoms with Gasteiger partial charge in [0.2, 0.25) is 0 Å². The Balaban J connectivity index is 2.57. The van der Waals surface area contributed by atoms with E-state index < -0.39 is 0 Å². The maximum absolute atomic E-state index is 5.83. The molecule has 0 aliphatic heterocycles. The van der Waals surface area contributed by atoms with Crippen molar-refractivity contribution in [2.45, 2.75) is 32.7 Å². The van der Waals surface area contributed by atoms with E-state index in [1.54, 1.807) is 10.7 Å². The molecule has 4 heteroatoms. The molecule has 0 saturated carbocycles. The molecule has 2 N–H and O–H groups in total. The van der Waals surface area contributed by atoms with Crippen LogP contribution in [0.4, 0.5) is 0 Å². The zero-order valence-electron chi connectivity index (χ0n) is 9.31. The van der Waals surface area contributed by atoms with E-state index in [0.717, 1.165) is 11.2 Å². The average molecular weight is 204 g/mol. The first-order valence-corrected chi connectivity index (χ1v) is 5.18. The highest BCUT2D eigenvalue weighted by atomic mass is 15.2. The van der Waals surface area contributed by atoms with E-state index in [1.165, 1.54) is 5.56 Å². The van der Waals surface area contributed by atoms with Crippen LogP contribution in [-0.2, 0) is 0 Å². The Morgan fingerprint density at radius 3 is 2.60 bits per heavy atom. The summed E-state index contributed by atoms with van der Waals surface area (Å²) in [4.78, 5) is 4.40. The maximum atomic E-state index is 5.83. The van der Waals surface area contributed by atoms with Crippen molar-refractivity contribution >= 4 is 5.65 Å². The van der Waals surface area contributed by atoms with Gasteiger partial charge in [-0.1, -0.05) is 13.8 Å². The quantitative estimate of drug-likeness (QED) is 0.812. The molecule has 2 heterocycles. The lowest BCUT2D eigenvalue weighted by Gasteiger charge is -2.06. The van der Waals surface area contributed by atoms with Crippen LogP contribution in [0.3, 0.4) is 0 Å². The van der Waals surface area contributed by atoms with Gasteiger partial charge in [0.15, 0.2) is 5.65 Å². The lowest BCUT2D eigenvalue weighted by atomic mass is 10.1. The van der Waals surface area contributed by atoms with Crippen LogP contribution < -0.4 is 5.73 Å². The van der Waals surface area contributed by atoms with Crippen LogP contribution in [0.1, 0.15) is 43.9 Å². The largest absolute Gasteiger partial charge is 0.324 e. The fourth-order valence-corrected chi connectivity index (χ4v) is 1.53. The van der Waals surface area contributed by atoms with Gasteiger partial charge in [0, 0.05) is 24.0 Å². The highest BCUT2D eigenvalue weighted by molar-refractivity contribution is 5.48. The van der Waals surface area contributed by atoms with Gasteiger partial charge in [-0.05, 0) is 18.4 Å². The molecule has 4 nitrogen and oxygen atoms in total. The third-order valence-corrected chi connectivity index (χ3v) is 2.56. The third-order valence-electron chi connectivity index (χ3n) is 2.56. The van der Waals surface area contributed by atoms with Crippen molar-refractivity contribution in [1.82, 2.24) is 14.6 Å². The molecule has 15 heavy (non-hydrogen) atoms. The van der Waals surface area contributed by atoms with E-state index in [9.17, 15) is 0 Å². The van der Waals surface area contributed by atoms with Gasteiger partial charge in [0.25, 0.3) is 0 Å². The van der Waals surface area contributed by atoms with Crippen molar-refractivity contribution in [3.05, 3.63) is 29.7 Å². The molecule has 0 aromatic carbocycles. The molecule has 80 valence electrons. The van der Waals surface area contributed by atoms with E-state index >= 15 is 0 Å². The van der Waals surface area contributed by atoms with E-state index in [2.05, 4.69) is 23.9 Å². The monoisotopic (exact) mass is 204 g/mol. The standard InChI is InChI=1S/C11H16N4/c1-7(2)9-4-13-11-10(8(3)12)5-14-15(11)6-9/h4-8H,12H2,1-3H3. The van der Waals surface area contributed by atoms with Crippen LogP contribution in [0.15, 0.2) is 18.6 Å². The first kappa shape index (κ1) is 10.1. The fourth-order valence-electron chi connectivity index (χ4n) is 1.53. The molecule has 0 saturated heterocycles. The fraction of sp³-hybridized carbons (Fsp3) is 0.455. The molecule has 2 aromatic rings. The van der Waals surface area contributed by atoms with Crippen LogP contribution in [0, 0.1) is 0 Å². The number of nitrogens with two attached hydrogens (primary N) is 1. The molecule has 0 bridgehead atoms. The molecule has 0 radical (unpaired) electrons. The second kappa shape index (κ2) is 3.62. The summed E-state index contributed by atoms with van der Waals surface area (Å²) >= 11 is 0. The van der Waals surface area contributed by atoms with Crippen molar-refractivity contribution < 1.29 is 0 Å². The van der Waals surface area contributed by atoms with Crippen LogP contribution in [0.25, 0.3) is 5.65 Å². The number of fused-ring (bicyclic) bond motifs is 1. The molecule has 0 aliphatic rings. The normalized spacial score (nSPS) is 13.7. The zero-order chi connectivity index (χ0) is 11.0. The van der Waals surface area contributed by atoms with E-state index in [-0.39, 0.29) is 6.04 Å². The highest BCUT2D eigenvalue weighted by Gasteiger charge is 2.10. The minimum Gasteiger partial charge on any atom is -0.324 e. The summed E-state index contributed by atoms with van der Waals surface area (Å²) in [6, 6.07) is -0.0279. The topological polar surface area (TPSA) is 56.2 Å².